The van der Waals surface area contributed by atoms with Crippen LogP contribution in [0.4, 0.5) is 18.9 Å². The first kappa shape index (κ1) is 23.6. The number of benzene rings is 2. The average Bonchev–Trinajstić information content (AvgIpc) is 2.78. The van der Waals surface area contributed by atoms with Crippen LogP contribution in [0, 0.1) is 5.92 Å². The molecule has 1 unspecified atom stereocenters. The van der Waals surface area contributed by atoms with Crippen LogP contribution in [-0.2, 0) is 22.2 Å². The lowest BCUT2D eigenvalue weighted by Crippen LogP contribution is -2.44. The standard InChI is InChI=1S/C24H27F3N2O3/c1-2-13-32-21-11-10-19(24(25,26)27)15-20(21)28-23(31)18-9-6-12-29(16-18)22(30)14-17-7-4-3-5-8-17/h3-5,7-8,10-11,15,18H,2,6,9,12-14,16H2,1H3,(H,28,31). The highest BCUT2D eigenvalue weighted by molar-refractivity contribution is 5.94. The number of hydrogen-bond donors (Lipinski definition) is 1. The Morgan fingerprint density at radius 2 is 1.91 bits per heavy atom. The SMILES string of the molecule is CCCOc1ccc(C(F)(F)F)cc1NC(=O)C1CCCN(C(=O)Cc2ccccc2)C1. The summed E-state index contributed by atoms with van der Waals surface area (Å²) < 4.78 is 45.0. The number of anilines is 1. The minimum absolute atomic E-state index is 0.00832. The number of piperidine rings is 1. The van der Waals surface area contributed by atoms with Gasteiger partial charge in [-0.15, -0.1) is 0 Å². The minimum Gasteiger partial charge on any atom is -0.491 e. The fourth-order valence-corrected chi connectivity index (χ4v) is 3.68. The largest absolute Gasteiger partial charge is 0.491 e. The molecule has 2 aromatic carbocycles. The summed E-state index contributed by atoms with van der Waals surface area (Å²) >= 11 is 0. The molecule has 3 rings (SSSR count). The van der Waals surface area contributed by atoms with E-state index < -0.39 is 23.6 Å². The number of carbonyl (C=O) groups excluding carboxylic acids is 2. The van der Waals surface area contributed by atoms with Gasteiger partial charge in [-0.05, 0) is 43.0 Å². The molecule has 1 aliphatic rings. The minimum atomic E-state index is -4.53. The summed E-state index contributed by atoms with van der Waals surface area (Å²) in [5.41, 5.74) is 0.0247. The predicted molar refractivity (Wildman–Crippen MR) is 115 cm³/mol. The molecule has 1 saturated heterocycles. The van der Waals surface area contributed by atoms with E-state index in [4.69, 9.17) is 4.74 Å². The second kappa shape index (κ2) is 10.5. The van der Waals surface area contributed by atoms with Crippen molar-refractivity contribution in [3.8, 4) is 5.75 Å². The molecule has 1 fully saturated rings. The highest BCUT2D eigenvalue weighted by Gasteiger charge is 2.33. The number of rotatable bonds is 7. The molecule has 1 N–H and O–H groups in total. The number of nitrogens with zero attached hydrogens (tertiary/aromatic N) is 1. The van der Waals surface area contributed by atoms with Gasteiger partial charge in [0.05, 0.1) is 30.2 Å². The Kier molecular flexibility index (Phi) is 7.77. The Bertz CT molecular complexity index is 932. The predicted octanol–water partition coefficient (Wildman–Crippen LogP) is 4.91. The number of hydrogen-bond acceptors (Lipinski definition) is 3. The lowest BCUT2D eigenvalue weighted by Gasteiger charge is -2.32. The molecule has 2 aromatic rings. The highest BCUT2D eigenvalue weighted by Crippen LogP contribution is 2.35. The maximum Gasteiger partial charge on any atom is 0.416 e. The van der Waals surface area contributed by atoms with Crippen molar-refractivity contribution in [2.24, 2.45) is 5.92 Å². The first-order valence-corrected chi connectivity index (χ1v) is 10.7. The summed E-state index contributed by atoms with van der Waals surface area (Å²) in [6.07, 6.45) is -2.40. The zero-order chi connectivity index (χ0) is 23.1. The van der Waals surface area contributed by atoms with E-state index in [0.29, 0.717) is 32.4 Å². The van der Waals surface area contributed by atoms with Gasteiger partial charge in [0.1, 0.15) is 5.75 Å². The molecular formula is C24H27F3N2O3. The molecule has 0 radical (unpaired) electrons. The van der Waals surface area contributed by atoms with E-state index in [9.17, 15) is 22.8 Å². The third kappa shape index (κ3) is 6.24. The number of carbonyl (C=O) groups is 2. The van der Waals surface area contributed by atoms with Crippen molar-refractivity contribution >= 4 is 17.5 Å². The van der Waals surface area contributed by atoms with E-state index in [2.05, 4.69) is 5.32 Å². The van der Waals surface area contributed by atoms with Crippen molar-refractivity contribution in [2.45, 2.75) is 38.8 Å². The van der Waals surface area contributed by atoms with Gasteiger partial charge in [0.25, 0.3) is 0 Å². The number of likely N-dealkylation sites (tertiary alicyclic amines) is 1. The van der Waals surface area contributed by atoms with Crippen LogP contribution < -0.4 is 10.1 Å². The summed E-state index contributed by atoms with van der Waals surface area (Å²) in [6.45, 7) is 3.00. The van der Waals surface area contributed by atoms with Crippen LogP contribution in [0.1, 0.15) is 37.3 Å². The van der Waals surface area contributed by atoms with Gasteiger partial charge in [0.15, 0.2) is 0 Å². The van der Waals surface area contributed by atoms with Crippen LogP contribution in [0.5, 0.6) is 5.75 Å². The van der Waals surface area contributed by atoms with Crippen LogP contribution in [-0.4, -0.2) is 36.4 Å². The van der Waals surface area contributed by atoms with E-state index in [1.807, 2.05) is 37.3 Å². The second-order valence-electron chi connectivity index (χ2n) is 7.89. The molecule has 1 atom stereocenters. The molecule has 0 aromatic heterocycles. The summed E-state index contributed by atoms with van der Waals surface area (Å²) in [5, 5.41) is 2.61. The second-order valence-corrected chi connectivity index (χ2v) is 7.89. The fraction of sp³-hybridized carbons (Fsp3) is 0.417. The lowest BCUT2D eigenvalue weighted by molar-refractivity contribution is -0.138. The van der Waals surface area contributed by atoms with Crippen molar-refractivity contribution in [3.05, 3.63) is 59.7 Å². The van der Waals surface area contributed by atoms with Gasteiger partial charge >= 0.3 is 6.18 Å². The van der Waals surface area contributed by atoms with Crippen molar-refractivity contribution in [1.29, 1.82) is 0 Å². The van der Waals surface area contributed by atoms with E-state index in [0.717, 1.165) is 17.7 Å². The molecular weight excluding hydrogens is 421 g/mol. The van der Waals surface area contributed by atoms with Crippen LogP contribution in [0.2, 0.25) is 0 Å². The number of amides is 2. The van der Waals surface area contributed by atoms with Crippen molar-refractivity contribution in [2.75, 3.05) is 25.0 Å². The Hall–Kier alpha value is -3.03. The molecule has 5 nitrogen and oxygen atoms in total. The van der Waals surface area contributed by atoms with E-state index in [1.165, 1.54) is 6.07 Å². The van der Waals surface area contributed by atoms with Crippen LogP contribution in [0.15, 0.2) is 48.5 Å². The van der Waals surface area contributed by atoms with Crippen LogP contribution >= 0.6 is 0 Å². The molecule has 1 aliphatic heterocycles. The van der Waals surface area contributed by atoms with E-state index >= 15 is 0 Å². The summed E-state index contributed by atoms with van der Waals surface area (Å²) in [6, 6.07) is 12.4. The van der Waals surface area contributed by atoms with Gasteiger partial charge in [-0.25, -0.2) is 0 Å². The Labute approximate surface area is 185 Å². The summed E-state index contributed by atoms with van der Waals surface area (Å²) in [4.78, 5) is 27.2. The van der Waals surface area contributed by atoms with Gasteiger partial charge in [-0.2, -0.15) is 13.2 Å². The molecule has 1 heterocycles. The van der Waals surface area contributed by atoms with Gasteiger partial charge < -0.3 is 15.0 Å². The zero-order valence-corrected chi connectivity index (χ0v) is 18.0. The monoisotopic (exact) mass is 448 g/mol. The number of halogens is 3. The Balaban J connectivity index is 1.69. The third-order valence-corrected chi connectivity index (χ3v) is 5.37. The van der Waals surface area contributed by atoms with Crippen LogP contribution in [0.25, 0.3) is 0 Å². The first-order valence-electron chi connectivity index (χ1n) is 10.7. The van der Waals surface area contributed by atoms with Crippen molar-refractivity contribution < 1.29 is 27.5 Å². The van der Waals surface area contributed by atoms with Crippen molar-refractivity contribution in [1.82, 2.24) is 4.90 Å². The molecule has 32 heavy (non-hydrogen) atoms. The molecule has 172 valence electrons. The lowest BCUT2D eigenvalue weighted by atomic mass is 9.96. The maximum atomic E-state index is 13.2. The normalized spacial score (nSPS) is 16.5. The maximum absolute atomic E-state index is 13.2. The Morgan fingerprint density at radius 1 is 1.16 bits per heavy atom. The highest BCUT2D eigenvalue weighted by atomic mass is 19.4. The van der Waals surface area contributed by atoms with Gasteiger partial charge in [-0.1, -0.05) is 37.3 Å². The molecule has 0 saturated carbocycles. The van der Waals surface area contributed by atoms with Gasteiger partial charge in [0, 0.05) is 13.1 Å². The molecule has 0 bridgehead atoms. The molecule has 0 spiro atoms. The Morgan fingerprint density at radius 3 is 2.59 bits per heavy atom. The van der Waals surface area contributed by atoms with Crippen LogP contribution in [0.3, 0.4) is 0 Å². The fourth-order valence-electron chi connectivity index (χ4n) is 3.68. The van der Waals surface area contributed by atoms with E-state index in [-0.39, 0.29) is 30.3 Å². The van der Waals surface area contributed by atoms with Crippen molar-refractivity contribution in [3.63, 3.8) is 0 Å². The number of alkyl halides is 3. The quantitative estimate of drug-likeness (QED) is 0.655. The molecule has 2 amide bonds. The van der Waals surface area contributed by atoms with E-state index in [1.54, 1.807) is 4.90 Å². The van der Waals surface area contributed by atoms with Gasteiger partial charge in [0.2, 0.25) is 11.8 Å². The molecule has 0 aliphatic carbocycles. The zero-order valence-electron chi connectivity index (χ0n) is 18.0. The number of nitrogens with one attached hydrogen (secondary N) is 1. The van der Waals surface area contributed by atoms with Gasteiger partial charge in [-0.3, -0.25) is 9.59 Å². The third-order valence-electron chi connectivity index (χ3n) is 5.37. The smallest absolute Gasteiger partial charge is 0.416 e. The summed E-state index contributed by atoms with van der Waals surface area (Å²) in [7, 11) is 0. The first-order chi connectivity index (χ1) is 15.3. The molecule has 8 heteroatoms. The number of ether oxygens (including phenoxy) is 1. The average molecular weight is 448 g/mol. The topological polar surface area (TPSA) is 58.6 Å². The summed E-state index contributed by atoms with van der Waals surface area (Å²) in [5.74, 6) is -0.791.